The molecule has 1 aromatic heterocycles. The summed E-state index contributed by atoms with van der Waals surface area (Å²) in [5.41, 5.74) is 4.72. The molecule has 0 spiro atoms. The van der Waals surface area contributed by atoms with E-state index >= 15 is 0 Å². The Hall–Kier alpha value is -4.11. The van der Waals surface area contributed by atoms with Crippen LogP contribution in [-0.2, 0) is 29.1 Å². The predicted octanol–water partition coefficient (Wildman–Crippen LogP) is 4.05. The minimum Gasteiger partial charge on any atom is -0.350 e. The van der Waals surface area contributed by atoms with Crippen LogP contribution >= 0.6 is 0 Å². The van der Waals surface area contributed by atoms with Crippen molar-refractivity contribution in [2.75, 3.05) is 0 Å². The van der Waals surface area contributed by atoms with Crippen molar-refractivity contribution in [2.45, 2.75) is 39.4 Å². The van der Waals surface area contributed by atoms with Gasteiger partial charge in [-0.05, 0) is 55.3 Å². The van der Waals surface area contributed by atoms with E-state index in [0.717, 1.165) is 17.7 Å². The fourth-order valence-electron chi connectivity index (χ4n) is 4.13. The van der Waals surface area contributed by atoms with Crippen LogP contribution in [0.3, 0.4) is 0 Å². The van der Waals surface area contributed by atoms with Gasteiger partial charge in [0.1, 0.15) is 6.04 Å². The van der Waals surface area contributed by atoms with Crippen LogP contribution in [0.25, 0.3) is 21.8 Å². The van der Waals surface area contributed by atoms with Crippen LogP contribution in [0.4, 0.5) is 0 Å². The fraction of sp³-hybridized carbons (Fsp3) is 0.222. The Kier molecular flexibility index (Phi) is 6.41. The average molecular weight is 439 g/mol. The van der Waals surface area contributed by atoms with Gasteiger partial charge in [0, 0.05) is 34.9 Å². The Labute approximate surface area is 192 Å². The number of fused-ring (bicyclic) bond motifs is 3. The second kappa shape index (κ2) is 9.58. The molecule has 1 heterocycles. The van der Waals surface area contributed by atoms with Crippen molar-refractivity contribution in [3.63, 3.8) is 0 Å². The number of para-hydroxylation sites is 1. The molecule has 0 saturated heterocycles. The van der Waals surface area contributed by atoms with E-state index < -0.39 is 6.04 Å². The molecule has 1 atom stereocenters. The summed E-state index contributed by atoms with van der Waals surface area (Å²) in [5, 5.41) is 16.9. The van der Waals surface area contributed by atoms with Crippen molar-refractivity contribution in [1.82, 2.24) is 15.2 Å². The average Bonchev–Trinajstić information content (AvgIpc) is 3.15. The fourth-order valence-corrected chi connectivity index (χ4v) is 4.13. The second-order valence-electron chi connectivity index (χ2n) is 8.11. The van der Waals surface area contributed by atoms with Gasteiger partial charge >= 0.3 is 0 Å². The highest BCUT2D eigenvalue weighted by Crippen LogP contribution is 2.29. The van der Waals surface area contributed by atoms with Crippen molar-refractivity contribution >= 4 is 33.6 Å². The standard InChI is InChI=1S/C27H26N4O2/c1-3-31-24-7-5-4-6-22(24)23-14-21(12-13-25(23)31)17-29-27(33)18(2)30-26(32)15-19-8-10-20(16-28)11-9-19/h4-14,18H,3,15,17H2,1-2H3,(H,29,33)(H,30,32). The first-order valence-corrected chi connectivity index (χ1v) is 11.1. The van der Waals surface area contributed by atoms with E-state index in [1.165, 1.54) is 21.8 Å². The molecule has 0 radical (unpaired) electrons. The molecule has 4 aromatic rings. The summed E-state index contributed by atoms with van der Waals surface area (Å²) in [6.45, 7) is 5.08. The Morgan fingerprint density at radius 3 is 2.39 bits per heavy atom. The lowest BCUT2D eigenvalue weighted by Crippen LogP contribution is -2.45. The zero-order valence-corrected chi connectivity index (χ0v) is 18.8. The third-order valence-electron chi connectivity index (χ3n) is 5.84. The van der Waals surface area contributed by atoms with Crippen molar-refractivity contribution in [3.05, 3.63) is 83.4 Å². The number of carbonyl (C=O) groups is 2. The molecule has 0 bridgehead atoms. The Morgan fingerprint density at radius 2 is 1.67 bits per heavy atom. The Balaban J connectivity index is 1.38. The van der Waals surface area contributed by atoms with Gasteiger partial charge in [-0.3, -0.25) is 9.59 Å². The predicted molar refractivity (Wildman–Crippen MR) is 129 cm³/mol. The molecule has 0 fully saturated rings. The van der Waals surface area contributed by atoms with Gasteiger partial charge in [0.05, 0.1) is 18.1 Å². The van der Waals surface area contributed by atoms with Gasteiger partial charge in [0.2, 0.25) is 11.8 Å². The van der Waals surface area contributed by atoms with E-state index in [1.54, 1.807) is 31.2 Å². The third kappa shape index (κ3) is 4.73. The van der Waals surface area contributed by atoms with E-state index in [9.17, 15) is 9.59 Å². The number of carbonyl (C=O) groups excluding carboxylic acids is 2. The first-order valence-electron chi connectivity index (χ1n) is 11.1. The molecule has 4 rings (SSSR count). The van der Waals surface area contributed by atoms with Crippen LogP contribution in [0.1, 0.15) is 30.5 Å². The highest BCUT2D eigenvalue weighted by molar-refractivity contribution is 6.08. The third-order valence-corrected chi connectivity index (χ3v) is 5.84. The van der Waals surface area contributed by atoms with Crippen LogP contribution in [-0.4, -0.2) is 22.4 Å². The van der Waals surface area contributed by atoms with Gasteiger partial charge in [-0.2, -0.15) is 5.26 Å². The van der Waals surface area contributed by atoms with Gasteiger partial charge in [-0.1, -0.05) is 36.4 Å². The molecule has 0 aliphatic carbocycles. The highest BCUT2D eigenvalue weighted by Gasteiger charge is 2.16. The number of hydrogen-bond donors (Lipinski definition) is 2. The molecule has 3 aromatic carbocycles. The molecular formula is C27H26N4O2. The lowest BCUT2D eigenvalue weighted by atomic mass is 10.1. The zero-order chi connectivity index (χ0) is 23.4. The summed E-state index contributed by atoms with van der Waals surface area (Å²) in [4.78, 5) is 24.8. The number of aryl methyl sites for hydroxylation is 1. The topological polar surface area (TPSA) is 86.9 Å². The van der Waals surface area contributed by atoms with Gasteiger partial charge in [0.15, 0.2) is 0 Å². The summed E-state index contributed by atoms with van der Waals surface area (Å²) < 4.78 is 2.29. The number of hydrogen-bond acceptors (Lipinski definition) is 3. The van der Waals surface area contributed by atoms with E-state index in [4.69, 9.17) is 5.26 Å². The van der Waals surface area contributed by atoms with Crippen LogP contribution < -0.4 is 10.6 Å². The molecule has 0 aliphatic heterocycles. The Morgan fingerprint density at radius 1 is 0.970 bits per heavy atom. The first-order chi connectivity index (χ1) is 16.0. The second-order valence-corrected chi connectivity index (χ2v) is 8.11. The molecule has 6 nitrogen and oxygen atoms in total. The van der Waals surface area contributed by atoms with Crippen LogP contribution in [0, 0.1) is 11.3 Å². The van der Waals surface area contributed by atoms with Gasteiger partial charge in [-0.25, -0.2) is 0 Å². The first kappa shape index (κ1) is 22.1. The minimum atomic E-state index is -0.651. The van der Waals surface area contributed by atoms with Crippen LogP contribution in [0.15, 0.2) is 66.7 Å². The summed E-state index contributed by atoms with van der Waals surface area (Å²) in [5.74, 6) is -0.476. The van der Waals surface area contributed by atoms with E-state index in [1.807, 2.05) is 24.3 Å². The minimum absolute atomic E-state index is 0.154. The molecule has 0 saturated carbocycles. The van der Waals surface area contributed by atoms with E-state index in [0.29, 0.717) is 12.1 Å². The number of nitrogens with one attached hydrogen (secondary N) is 2. The van der Waals surface area contributed by atoms with Crippen molar-refractivity contribution in [3.8, 4) is 6.07 Å². The highest BCUT2D eigenvalue weighted by atomic mass is 16.2. The molecule has 2 amide bonds. The summed E-state index contributed by atoms with van der Waals surface area (Å²) in [7, 11) is 0. The van der Waals surface area contributed by atoms with Crippen molar-refractivity contribution < 1.29 is 9.59 Å². The molecular weight excluding hydrogens is 412 g/mol. The molecule has 33 heavy (non-hydrogen) atoms. The van der Waals surface area contributed by atoms with Gasteiger partial charge < -0.3 is 15.2 Å². The number of aromatic nitrogens is 1. The zero-order valence-electron chi connectivity index (χ0n) is 18.8. The number of benzene rings is 3. The molecule has 166 valence electrons. The quantitative estimate of drug-likeness (QED) is 0.456. The van der Waals surface area contributed by atoms with Crippen molar-refractivity contribution in [2.24, 2.45) is 0 Å². The van der Waals surface area contributed by atoms with Crippen molar-refractivity contribution in [1.29, 1.82) is 5.26 Å². The van der Waals surface area contributed by atoms with Crippen LogP contribution in [0.2, 0.25) is 0 Å². The largest absolute Gasteiger partial charge is 0.350 e. The molecule has 6 heteroatoms. The summed E-state index contributed by atoms with van der Waals surface area (Å²) in [6, 6.07) is 22.8. The maximum atomic E-state index is 12.5. The maximum absolute atomic E-state index is 12.5. The Bertz CT molecular complexity index is 1360. The SMILES string of the molecule is CCn1c2ccccc2c2cc(CNC(=O)C(C)NC(=O)Cc3ccc(C#N)cc3)ccc21. The van der Waals surface area contributed by atoms with Gasteiger partial charge in [0.25, 0.3) is 0 Å². The lowest BCUT2D eigenvalue weighted by molar-refractivity contribution is -0.128. The smallest absolute Gasteiger partial charge is 0.242 e. The number of nitriles is 1. The molecule has 2 N–H and O–H groups in total. The summed E-state index contributed by atoms with van der Waals surface area (Å²) in [6.07, 6.45) is 0.154. The lowest BCUT2D eigenvalue weighted by Gasteiger charge is -2.14. The maximum Gasteiger partial charge on any atom is 0.242 e. The molecule has 1 unspecified atom stereocenters. The summed E-state index contributed by atoms with van der Waals surface area (Å²) >= 11 is 0. The number of amides is 2. The van der Waals surface area contributed by atoms with E-state index in [2.05, 4.69) is 46.4 Å². The van der Waals surface area contributed by atoms with Crippen LogP contribution in [0.5, 0.6) is 0 Å². The monoisotopic (exact) mass is 438 g/mol. The number of rotatable bonds is 7. The normalized spacial score (nSPS) is 11.8. The molecule has 0 aliphatic rings. The van der Waals surface area contributed by atoms with Gasteiger partial charge in [-0.15, -0.1) is 0 Å². The van der Waals surface area contributed by atoms with E-state index in [-0.39, 0.29) is 18.2 Å². The number of nitrogens with zero attached hydrogens (tertiary/aromatic N) is 2.